The minimum Gasteiger partial charge on any atom is -0.344 e. The van der Waals surface area contributed by atoms with Crippen LogP contribution in [0, 0.1) is 13.8 Å². The number of aryl methyl sites for hydroxylation is 1. The molecule has 0 saturated heterocycles. The fourth-order valence-corrected chi connectivity index (χ4v) is 3.79. The smallest absolute Gasteiger partial charge is 0.263 e. The zero-order valence-corrected chi connectivity index (χ0v) is 17.9. The van der Waals surface area contributed by atoms with Gasteiger partial charge in [-0.15, -0.1) is 0 Å². The molecule has 0 N–H and O–H groups in total. The van der Waals surface area contributed by atoms with Gasteiger partial charge in [0.15, 0.2) is 5.78 Å². The molecule has 3 aromatic rings. The number of pyridine rings is 1. The Morgan fingerprint density at radius 2 is 1.86 bits per heavy atom. The maximum atomic E-state index is 13.1. The number of halogens is 3. The second-order valence-electron chi connectivity index (χ2n) is 7.05. The first-order valence-electron chi connectivity index (χ1n) is 9.14. The van der Waals surface area contributed by atoms with Crippen LogP contribution >= 0.6 is 15.9 Å². The molecule has 0 bridgehead atoms. The van der Waals surface area contributed by atoms with E-state index < -0.39 is 12.5 Å². The van der Waals surface area contributed by atoms with Crippen LogP contribution in [-0.2, 0) is 6.54 Å². The van der Waals surface area contributed by atoms with Gasteiger partial charge in [0.05, 0.1) is 6.04 Å². The summed E-state index contributed by atoms with van der Waals surface area (Å²) in [5.74, 6) is -0.175. The first-order valence-corrected chi connectivity index (χ1v) is 9.94. The number of nitrogens with zero attached hydrogens (tertiary/aromatic N) is 2. The highest BCUT2D eigenvalue weighted by Gasteiger charge is 2.23. The zero-order chi connectivity index (χ0) is 21.3. The summed E-state index contributed by atoms with van der Waals surface area (Å²) in [7, 11) is 0. The summed E-state index contributed by atoms with van der Waals surface area (Å²) in [6.45, 7) is 5.77. The topological polar surface area (TPSA) is 44.0 Å². The molecule has 2 heterocycles. The molecule has 0 aliphatic heterocycles. The van der Waals surface area contributed by atoms with Crippen LogP contribution in [0.2, 0.25) is 0 Å². The molecule has 0 fully saturated rings. The van der Waals surface area contributed by atoms with Gasteiger partial charge in [-0.3, -0.25) is 9.59 Å². The van der Waals surface area contributed by atoms with E-state index in [1.807, 2.05) is 18.4 Å². The van der Waals surface area contributed by atoms with E-state index in [0.717, 1.165) is 17.0 Å². The van der Waals surface area contributed by atoms with Gasteiger partial charge in [-0.25, -0.2) is 8.78 Å². The summed E-state index contributed by atoms with van der Waals surface area (Å²) < 4.78 is 30.0. The number of hydrogen-bond donors (Lipinski definition) is 0. The highest BCUT2D eigenvalue weighted by molar-refractivity contribution is 9.10. The lowest BCUT2D eigenvalue weighted by atomic mass is 10.1. The number of carbonyl (C=O) groups is 1. The van der Waals surface area contributed by atoms with Crippen molar-refractivity contribution in [2.45, 2.75) is 39.8 Å². The molecule has 1 atom stereocenters. The van der Waals surface area contributed by atoms with Gasteiger partial charge >= 0.3 is 0 Å². The Bertz CT molecular complexity index is 1120. The number of ketones is 1. The van der Waals surface area contributed by atoms with Crippen molar-refractivity contribution in [1.29, 1.82) is 0 Å². The van der Waals surface area contributed by atoms with Crippen LogP contribution in [0.5, 0.6) is 0 Å². The van der Waals surface area contributed by atoms with Gasteiger partial charge in [0, 0.05) is 45.8 Å². The number of carbonyl (C=O) groups excluding carboxylic acids is 1. The summed E-state index contributed by atoms with van der Waals surface area (Å²) in [5, 5.41) is 0. The predicted octanol–water partition coefficient (Wildman–Crippen LogP) is 5.46. The number of benzene rings is 1. The highest BCUT2D eigenvalue weighted by Crippen LogP contribution is 2.24. The monoisotopic (exact) mass is 462 g/mol. The van der Waals surface area contributed by atoms with Crippen molar-refractivity contribution in [1.82, 2.24) is 9.13 Å². The van der Waals surface area contributed by atoms with Crippen LogP contribution in [-0.4, -0.2) is 14.9 Å². The normalized spacial score (nSPS) is 12.4. The van der Waals surface area contributed by atoms with E-state index in [0.29, 0.717) is 16.6 Å². The van der Waals surface area contributed by atoms with E-state index in [2.05, 4.69) is 15.9 Å². The van der Waals surface area contributed by atoms with E-state index in [1.54, 1.807) is 37.4 Å². The number of hydrogen-bond acceptors (Lipinski definition) is 2. The Hall–Kier alpha value is -2.54. The molecule has 0 aliphatic carbocycles. The van der Waals surface area contributed by atoms with Gasteiger partial charge in [0.2, 0.25) is 0 Å². The summed E-state index contributed by atoms with van der Waals surface area (Å²) in [4.78, 5) is 25.3. The average Bonchev–Trinajstić information content (AvgIpc) is 2.97. The second kappa shape index (κ2) is 8.45. The SMILES string of the molecule is Cc1cc(C(=O)C(C)n2cc(Br)ccc2=O)c(C)n1Cc1cccc(C(F)F)c1. The van der Waals surface area contributed by atoms with Crippen LogP contribution in [0.3, 0.4) is 0 Å². The summed E-state index contributed by atoms with van der Waals surface area (Å²) in [5.41, 5.74) is 2.56. The molecular formula is C22H21BrF2N2O2. The van der Waals surface area contributed by atoms with Crippen molar-refractivity contribution in [2.75, 3.05) is 0 Å². The molecule has 0 radical (unpaired) electrons. The third-order valence-electron chi connectivity index (χ3n) is 5.08. The first-order chi connectivity index (χ1) is 13.7. The van der Waals surface area contributed by atoms with Crippen molar-refractivity contribution in [3.63, 3.8) is 0 Å². The average molecular weight is 463 g/mol. The summed E-state index contributed by atoms with van der Waals surface area (Å²) in [6.07, 6.45) is -0.928. The molecule has 1 aromatic carbocycles. The molecule has 3 rings (SSSR count). The van der Waals surface area contributed by atoms with Gasteiger partial charge < -0.3 is 9.13 Å². The van der Waals surface area contributed by atoms with E-state index in [-0.39, 0.29) is 16.9 Å². The number of rotatable bonds is 6. The van der Waals surface area contributed by atoms with E-state index in [4.69, 9.17) is 0 Å². The molecule has 4 nitrogen and oxygen atoms in total. The summed E-state index contributed by atoms with van der Waals surface area (Å²) in [6, 6.07) is 10.4. The second-order valence-corrected chi connectivity index (χ2v) is 7.97. The Balaban J connectivity index is 1.93. The third kappa shape index (κ3) is 4.40. The molecule has 7 heteroatoms. The maximum Gasteiger partial charge on any atom is 0.263 e. The molecule has 0 amide bonds. The zero-order valence-electron chi connectivity index (χ0n) is 16.3. The van der Waals surface area contributed by atoms with Crippen molar-refractivity contribution in [2.24, 2.45) is 0 Å². The Morgan fingerprint density at radius 3 is 2.55 bits per heavy atom. The van der Waals surface area contributed by atoms with Crippen LogP contribution in [0.25, 0.3) is 0 Å². The van der Waals surface area contributed by atoms with E-state index in [1.165, 1.54) is 22.8 Å². The Kier molecular flexibility index (Phi) is 6.17. The standard InChI is InChI=1S/C22H21BrF2N2O2/c1-13-9-19(21(29)15(3)27-12-18(23)7-8-20(27)28)14(2)26(13)11-16-5-4-6-17(10-16)22(24)25/h4-10,12,15,22H,11H2,1-3H3. The lowest BCUT2D eigenvalue weighted by Crippen LogP contribution is -2.27. The van der Waals surface area contributed by atoms with Gasteiger partial charge in [0.1, 0.15) is 0 Å². The molecular weight excluding hydrogens is 442 g/mol. The lowest BCUT2D eigenvalue weighted by Gasteiger charge is -2.15. The fourth-order valence-electron chi connectivity index (χ4n) is 3.43. The summed E-state index contributed by atoms with van der Waals surface area (Å²) >= 11 is 3.32. The number of alkyl halides is 2. The Morgan fingerprint density at radius 1 is 1.14 bits per heavy atom. The van der Waals surface area contributed by atoms with Gasteiger partial charge in [0.25, 0.3) is 12.0 Å². The molecule has 0 spiro atoms. The number of aromatic nitrogens is 2. The number of Topliss-reactive ketones (excluding diaryl/α,β-unsaturated/α-hetero) is 1. The van der Waals surface area contributed by atoms with Crippen molar-refractivity contribution >= 4 is 21.7 Å². The fraction of sp³-hybridized carbons (Fsp3) is 0.273. The Labute approximate surface area is 175 Å². The van der Waals surface area contributed by atoms with Gasteiger partial charge in [-0.05, 0) is 60.5 Å². The lowest BCUT2D eigenvalue weighted by molar-refractivity contribution is 0.0932. The van der Waals surface area contributed by atoms with Gasteiger partial charge in [-0.2, -0.15) is 0 Å². The third-order valence-corrected chi connectivity index (χ3v) is 5.55. The van der Waals surface area contributed by atoms with Crippen molar-refractivity contribution in [3.8, 4) is 0 Å². The molecule has 0 saturated carbocycles. The predicted molar refractivity (Wildman–Crippen MR) is 112 cm³/mol. The minimum atomic E-state index is -2.52. The molecule has 152 valence electrons. The minimum absolute atomic E-state index is 0.0242. The van der Waals surface area contributed by atoms with Crippen LogP contribution in [0.4, 0.5) is 8.78 Å². The van der Waals surface area contributed by atoms with E-state index >= 15 is 0 Å². The van der Waals surface area contributed by atoms with E-state index in [9.17, 15) is 18.4 Å². The first kappa shape index (κ1) is 21.2. The largest absolute Gasteiger partial charge is 0.344 e. The van der Waals surface area contributed by atoms with Crippen molar-refractivity contribution < 1.29 is 13.6 Å². The van der Waals surface area contributed by atoms with Crippen molar-refractivity contribution in [3.05, 3.63) is 91.6 Å². The maximum absolute atomic E-state index is 13.1. The van der Waals surface area contributed by atoms with Crippen LogP contribution in [0.1, 0.15) is 52.3 Å². The quantitative estimate of drug-likeness (QED) is 0.456. The molecule has 29 heavy (non-hydrogen) atoms. The highest BCUT2D eigenvalue weighted by atomic mass is 79.9. The molecule has 2 aromatic heterocycles. The van der Waals surface area contributed by atoms with Crippen LogP contribution < -0.4 is 5.56 Å². The molecule has 0 aliphatic rings. The molecule has 1 unspecified atom stereocenters. The van der Waals surface area contributed by atoms with Crippen LogP contribution in [0.15, 0.2) is 57.9 Å². The van der Waals surface area contributed by atoms with Gasteiger partial charge in [-0.1, -0.05) is 18.2 Å².